The van der Waals surface area contributed by atoms with E-state index in [0.29, 0.717) is 6.54 Å². The summed E-state index contributed by atoms with van der Waals surface area (Å²) >= 11 is 0. The number of rotatable bonds is 7. The second-order valence-corrected chi connectivity index (χ2v) is 4.07. The van der Waals surface area contributed by atoms with Gasteiger partial charge >= 0.3 is 0 Å². The van der Waals surface area contributed by atoms with Gasteiger partial charge in [-0.2, -0.15) is 5.10 Å². The number of unbranched alkanes of at least 4 members (excludes halogenated alkanes) is 2. The largest absolute Gasteiger partial charge is 0.396 e. The van der Waals surface area contributed by atoms with Gasteiger partial charge in [0.15, 0.2) is 0 Å². The standard InChI is InChI=1S/C12H21N3O2/c1-3-14(2)11-9-12(17)15(13-10-11)7-5-4-6-8-16/h9-10,16H,3-8H2,1-2H3. The first-order valence-electron chi connectivity index (χ1n) is 6.08. The molecule has 0 saturated heterocycles. The number of anilines is 1. The minimum absolute atomic E-state index is 0.0631. The summed E-state index contributed by atoms with van der Waals surface area (Å²) < 4.78 is 1.48. The van der Waals surface area contributed by atoms with E-state index in [9.17, 15) is 4.79 Å². The maximum Gasteiger partial charge on any atom is 0.268 e. The van der Waals surface area contributed by atoms with Crippen LogP contribution in [0.25, 0.3) is 0 Å². The molecule has 0 aliphatic carbocycles. The van der Waals surface area contributed by atoms with E-state index in [1.165, 1.54) is 4.68 Å². The van der Waals surface area contributed by atoms with E-state index in [1.54, 1.807) is 12.3 Å². The van der Waals surface area contributed by atoms with Crippen LogP contribution in [-0.4, -0.2) is 35.1 Å². The average molecular weight is 239 g/mol. The zero-order valence-electron chi connectivity index (χ0n) is 10.6. The molecule has 0 bridgehead atoms. The van der Waals surface area contributed by atoms with Gasteiger partial charge in [0.05, 0.1) is 11.9 Å². The molecule has 1 N–H and O–H groups in total. The molecule has 96 valence electrons. The Hall–Kier alpha value is -1.36. The van der Waals surface area contributed by atoms with Crippen LogP contribution in [0.4, 0.5) is 5.69 Å². The van der Waals surface area contributed by atoms with Crippen LogP contribution < -0.4 is 10.5 Å². The number of aromatic nitrogens is 2. The fourth-order valence-electron chi connectivity index (χ4n) is 1.53. The Kier molecular flexibility index (Phi) is 5.69. The third-order valence-electron chi connectivity index (χ3n) is 2.80. The molecule has 0 unspecified atom stereocenters. The third-order valence-corrected chi connectivity index (χ3v) is 2.80. The fraction of sp³-hybridized carbons (Fsp3) is 0.667. The summed E-state index contributed by atoms with van der Waals surface area (Å²) in [6.07, 6.45) is 4.29. The van der Waals surface area contributed by atoms with Crippen molar-refractivity contribution in [2.45, 2.75) is 32.7 Å². The van der Waals surface area contributed by atoms with Crippen LogP contribution in [0.3, 0.4) is 0 Å². The third kappa shape index (κ3) is 4.19. The molecule has 0 radical (unpaired) electrons. The zero-order chi connectivity index (χ0) is 12.7. The molecule has 0 atom stereocenters. The molecule has 0 fully saturated rings. The molecule has 0 saturated carbocycles. The van der Waals surface area contributed by atoms with Gasteiger partial charge in [0.2, 0.25) is 0 Å². The van der Waals surface area contributed by atoms with E-state index >= 15 is 0 Å². The highest BCUT2D eigenvalue weighted by molar-refractivity contribution is 5.41. The first-order valence-corrected chi connectivity index (χ1v) is 6.08. The van der Waals surface area contributed by atoms with Crippen molar-refractivity contribution in [2.75, 3.05) is 25.1 Å². The van der Waals surface area contributed by atoms with Gasteiger partial charge in [-0.1, -0.05) is 0 Å². The highest BCUT2D eigenvalue weighted by Gasteiger charge is 2.02. The van der Waals surface area contributed by atoms with Gasteiger partial charge in [0, 0.05) is 32.8 Å². The van der Waals surface area contributed by atoms with E-state index < -0.39 is 0 Å². The molecule has 0 aromatic carbocycles. The Bertz CT molecular complexity index is 390. The van der Waals surface area contributed by atoms with Gasteiger partial charge in [-0.25, -0.2) is 4.68 Å². The number of hydrogen-bond donors (Lipinski definition) is 1. The van der Waals surface area contributed by atoms with Gasteiger partial charge in [-0.15, -0.1) is 0 Å². The number of aryl methyl sites for hydroxylation is 1. The lowest BCUT2D eigenvalue weighted by Gasteiger charge is -2.16. The van der Waals surface area contributed by atoms with Crippen molar-refractivity contribution < 1.29 is 5.11 Å². The monoisotopic (exact) mass is 239 g/mol. The van der Waals surface area contributed by atoms with E-state index in [4.69, 9.17) is 5.11 Å². The molecule has 5 heteroatoms. The van der Waals surface area contributed by atoms with Crippen LogP contribution in [0.2, 0.25) is 0 Å². The summed E-state index contributed by atoms with van der Waals surface area (Å²) in [6, 6.07) is 1.61. The summed E-state index contributed by atoms with van der Waals surface area (Å²) in [7, 11) is 1.93. The van der Waals surface area contributed by atoms with Gasteiger partial charge in [-0.3, -0.25) is 4.79 Å². The maximum absolute atomic E-state index is 11.7. The predicted octanol–water partition coefficient (Wildman–Crippen LogP) is 0.862. The predicted molar refractivity (Wildman–Crippen MR) is 68.4 cm³/mol. The minimum atomic E-state index is -0.0631. The first-order chi connectivity index (χ1) is 8.19. The Morgan fingerprint density at radius 2 is 2.18 bits per heavy atom. The van der Waals surface area contributed by atoms with Crippen molar-refractivity contribution in [3.05, 3.63) is 22.6 Å². The van der Waals surface area contributed by atoms with E-state index in [2.05, 4.69) is 5.10 Å². The van der Waals surface area contributed by atoms with Gasteiger partial charge in [0.1, 0.15) is 0 Å². The Balaban J connectivity index is 2.60. The molecular formula is C12H21N3O2. The van der Waals surface area contributed by atoms with Crippen LogP contribution in [0.5, 0.6) is 0 Å². The van der Waals surface area contributed by atoms with Gasteiger partial charge in [0.25, 0.3) is 5.56 Å². The molecule has 1 aromatic heterocycles. The van der Waals surface area contributed by atoms with Crippen molar-refractivity contribution in [3.63, 3.8) is 0 Å². The van der Waals surface area contributed by atoms with Crippen LogP contribution in [0, 0.1) is 0 Å². The number of aliphatic hydroxyl groups is 1. The quantitative estimate of drug-likeness (QED) is 0.717. The number of nitrogens with zero attached hydrogens (tertiary/aromatic N) is 3. The first kappa shape index (κ1) is 13.7. The van der Waals surface area contributed by atoms with Gasteiger partial charge < -0.3 is 10.0 Å². The molecule has 0 aliphatic heterocycles. The van der Waals surface area contributed by atoms with Crippen molar-refractivity contribution in [2.24, 2.45) is 0 Å². The lowest BCUT2D eigenvalue weighted by molar-refractivity contribution is 0.281. The Morgan fingerprint density at radius 3 is 2.76 bits per heavy atom. The highest BCUT2D eigenvalue weighted by Crippen LogP contribution is 2.06. The molecule has 1 rings (SSSR count). The SMILES string of the molecule is CCN(C)c1cnn(CCCCCO)c(=O)c1. The van der Waals surface area contributed by atoms with Crippen LogP contribution in [0.15, 0.2) is 17.1 Å². The molecule has 5 nitrogen and oxygen atoms in total. The number of hydrogen-bond acceptors (Lipinski definition) is 4. The second-order valence-electron chi connectivity index (χ2n) is 4.07. The summed E-state index contributed by atoms with van der Waals surface area (Å²) in [6.45, 7) is 3.71. The fourth-order valence-corrected chi connectivity index (χ4v) is 1.53. The summed E-state index contributed by atoms with van der Waals surface area (Å²) in [5.41, 5.74) is 0.788. The number of aliphatic hydroxyl groups excluding tert-OH is 1. The maximum atomic E-state index is 11.7. The highest BCUT2D eigenvalue weighted by atomic mass is 16.2. The zero-order valence-corrected chi connectivity index (χ0v) is 10.6. The lowest BCUT2D eigenvalue weighted by atomic mass is 10.2. The summed E-state index contributed by atoms with van der Waals surface area (Å²) in [5, 5.41) is 12.8. The van der Waals surface area contributed by atoms with E-state index in [1.807, 2.05) is 18.9 Å². The van der Waals surface area contributed by atoms with E-state index in [-0.39, 0.29) is 12.2 Å². The van der Waals surface area contributed by atoms with Crippen molar-refractivity contribution in [1.82, 2.24) is 9.78 Å². The molecule has 0 amide bonds. The normalized spacial score (nSPS) is 10.5. The molecule has 1 heterocycles. The van der Waals surface area contributed by atoms with E-state index in [0.717, 1.165) is 31.5 Å². The minimum Gasteiger partial charge on any atom is -0.396 e. The molecule has 1 aromatic rings. The van der Waals surface area contributed by atoms with Gasteiger partial charge in [-0.05, 0) is 26.2 Å². The van der Waals surface area contributed by atoms with Crippen molar-refractivity contribution >= 4 is 5.69 Å². The Morgan fingerprint density at radius 1 is 1.41 bits per heavy atom. The average Bonchev–Trinajstić information content (AvgIpc) is 2.35. The summed E-state index contributed by atoms with van der Waals surface area (Å²) in [4.78, 5) is 13.7. The Labute approximate surface area is 102 Å². The topological polar surface area (TPSA) is 58.4 Å². The molecule has 0 spiro atoms. The van der Waals surface area contributed by atoms with Crippen molar-refractivity contribution in [1.29, 1.82) is 0 Å². The molecule has 0 aliphatic rings. The van der Waals surface area contributed by atoms with Crippen molar-refractivity contribution in [3.8, 4) is 0 Å². The second kappa shape index (κ2) is 7.06. The lowest BCUT2D eigenvalue weighted by Crippen LogP contribution is -2.25. The van der Waals surface area contributed by atoms with Crippen LogP contribution >= 0.6 is 0 Å². The summed E-state index contributed by atoms with van der Waals surface area (Å²) in [5.74, 6) is 0. The molecule has 17 heavy (non-hydrogen) atoms. The smallest absolute Gasteiger partial charge is 0.268 e. The van der Waals surface area contributed by atoms with Crippen LogP contribution in [0.1, 0.15) is 26.2 Å². The molecular weight excluding hydrogens is 218 g/mol. The van der Waals surface area contributed by atoms with Crippen LogP contribution in [-0.2, 0) is 6.54 Å².